The molecule has 0 radical (unpaired) electrons. The van der Waals surface area contributed by atoms with Crippen LogP contribution in [0.4, 0.5) is 4.79 Å². The summed E-state index contributed by atoms with van der Waals surface area (Å²) in [6, 6.07) is -0.626. The summed E-state index contributed by atoms with van der Waals surface area (Å²) < 4.78 is 5.23. The van der Waals surface area contributed by atoms with Crippen LogP contribution in [0.2, 0.25) is 0 Å². The molecule has 8 heteroatoms. The largest absolute Gasteiger partial charge is 0.444 e. The fourth-order valence-corrected chi connectivity index (χ4v) is 2.59. The monoisotopic (exact) mass is 289 g/mol. The van der Waals surface area contributed by atoms with Crippen molar-refractivity contribution in [3.05, 3.63) is 0 Å². The van der Waals surface area contributed by atoms with E-state index < -0.39 is 29.6 Å². The molecule has 1 aliphatic rings. The van der Waals surface area contributed by atoms with Crippen molar-refractivity contribution in [3.8, 4) is 0 Å². The van der Waals surface area contributed by atoms with Crippen LogP contribution < -0.4 is 11.1 Å². The van der Waals surface area contributed by atoms with Crippen LogP contribution in [0.1, 0.15) is 20.8 Å². The van der Waals surface area contributed by atoms with Gasteiger partial charge in [0.15, 0.2) is 0 Å². The summed E-state index contributed by atoms with van der Waals surface area (Å²) >= 11 is 1.46. The minimum Gasteiger partial charge on any atom is -0.444 e. The summed E-state index contributed by atoms with van der Waals surface area (Å²) in [4.78, 5) is 35.8. The van der Waals surface area contributed by atoms with Gasteiger partial charge in [0.2, 0.25) is 11.8 Å². The number of hydrogen-bond acceptors (Lipinski definition) is 5. The molecule has 1 rings (SSSR count). The highest BCUT2D eigenvalue weighted by molar-refractivity contribution is 7.99. The van der Waals surface area contributed by atoms with Crippen LogP contribution in [0.25, 0.3) is 0 Å². The molecule has 7 nitrogen and oxygen atoms in total. The van der Waals surface area contributed by atoms with Gasteiger partial charge in [-0.1, -0.05) is 0 Å². The fourth-order valence-electron chi connectivity index (χ4n) is 1.45. The summed E-state index contributed by atoms with van der Waals surface area (Å²) in [5, 5.41) is 2.40. The van der Waals surface area contributed by atoms with Crippen molar-refractivity contribution in [3.63, 3.8) is 0 Å². The zero-order valence-corrected chi connectivity index (χ0v) is 12.1. The second-order valence-corrected chi connectivity index (χ2v) is 6.15. The fraction of sp³-hybridized carbons (Fsp3) is 0.727. The summed E-state index contributed by atoms with van der Waals surface area (Å²) in [5.74, 6) is -0.148. The number of ether oxygens (including phenoxy) is 1. The average molecular weight is 289 g/mol. The molecule has 1 saturated heterocycles. The van der Waals surface area contributed by atoms with Crippen LogP contribution in [-0.4, -0.2) is 52.6 Å². The van der Waals surface area contributed by atoms with E-state index in [1.165, 1.54) is 16.7 Å². The molecule has 108 valence electrons. The Morgan fingerprint density at radius 2 is 2.05 bits per heavy atom. The van der Waals surface area contributed by atoms with E-state index in [-0.39, 0.29) is 6.54 Å². The quantitative estimate of drug-likeness (QED) is 0.755. The van der Waals surface area contributed by atoms with Crippen LogP contribution >= 0.6 is 11.8 Å². The Morgan fingerprint density at radius 3 is 2.58 bits per heavy atom. The van der Waals surface area contributed by atoms with Gasteiger partial charge in [0, 0.05) is 5.75 Å². The molecule has 0 aliphatic carbocycles. The van der Waals surface area contributed by atoms with Gasteiger partial charge in [0.05, 0.1) is 12.4 Å². The molecule has 3 N–H and O–H groups in total. The number of nitrogens with two attached hydrogens (primary N) is 1. The minimum atomic E-state index is -0.626. The summed E-state index contributed by atoms with van der Waals surface area (Å²) in [6.07, 6.45) is -0.531. The van der Waals surface area contributed by atoms with Crippen molar-refractivity contribution in [2.75, 3.05) is 18.2 Å². The number of nitrogens with one attached hydrogen (secondary N) is 1. The van der Waals surface area contributed by atoms with E-state index in [1.54, 1.807) is 20.8 Å². The number of carbonyl (C=O) groups excluding carboxylic acids is 3. The van der Waals surface area contributed by atoms with E-state index in [0.29, 0.717) is 11.6 Å². The number of primary amides is 1. The SMILES string of the molecule is CC(C)(C)OC(=O)N1CSC[C@H]1C(=O)NCC(N)=O. The first-order chi connectivity index (χ1) is 8.70. The second kappa shape index (κ2) is 6.14. The highest BCUT2D eigenvalue weighted by Gasteiger charge is 2.37. The Hall–Kier alpha value is -1.44. The lowest BCUT2D eigenvalue weighted by Crippen LogP contribution is -2.50. The van der Waals surface area contributed by atoms with Crippen LogP contribution in [-0.2, 0) is 14.3 Å². The van der Waals surface area contributed by atoms with E-state index in [2.05, 4.69) is 5.32 Å². The van der Waals surface area contributed by atoms with Crippen molar-refractivity contribution < 1.29 is 19.1 Å². The number of carbonyl (C=O) groups is 3. The first-order valence-electron chi connectivity index (χ1n) is 5.84. The van der Waals surface area contributed by atoms with E-state index in [0.717, 1.165) is 0 Å². The third-order valence-electron chi connectivity index (χ3n) is 2.25. The number of rotatable bonds is 3. The molecule has 1 aliphatic heterocycles. The van der Waals surface area contributed by atoms with E-state index in [4.69, 9.17) is 10.5 Å². The molecule has 3 amide bonds. The van der Waals surface area contributed by atoms with Crippen molar-refractivity contribution in [2.45, 2.75) is 32.4 Å². The molecule has 0 saturated carbocycles. The molecule has 1 heterocycles. The Labute approximate surface area is 116 Å². The Bertz CT molecular complexity index is 381. The van der Waals surface area contributed by atoms with E-state index in [1.807, 2.05) is 0 Å². The molecule has 0 aromatic rings. The van der Waals surface area contributed by atoms with Gasteiger partial charge in [-0.15, -0.1) is 11.8 Å². The maximum absolute atomic E-state index is 11.9. The maximum Gasteiger partial charge on any atom is 0.411 e. The molecule has 0 spiro atoms. The van der Waals surface area contributed by atoms with E-state index in [9.17, 15) is 14.4 Å². The third-order valence-corrected chi connectivity index (χ3v) is 3.26. The molecule has 0 unspecified atom stereocenters. The zero-order valence-electron chi connectivity index (χ0n) is 11.3. The van der Waals surface area contributed by atoms with Crippen molar-refractivity contribution >= 4 is 29.7 Å². The molecular weight excluding hydrogens is 270 g/mol. The molecule has 19 heavy (non-hydrogen) atoms. The van der Waals surface area contributed by atoms with Gasteiger partial charge in [-0.2, -0.15) is 0 Å². The average Bonchev–Trinajstić information content (AvgIpc) is 2.72. The number of nitrogens with zero attached hydrogens (tertiary/aromatic N) is 1. The molecule has 1 atom stereocenters. The lowest BCUT2D eigenvalue weighted by molar-refractivity contribution is -0.127. The lowest BCUT2D eigenvalue weighted by Gasteiger charge is -2.27. The Kier molecular flexibility index (Phi) is 5.04. The molecule has 1 fully saturated rings. The predicted molar refractivity (Wildman–Crippen MR) is 71.4 cm³/mol. The highest BCUT2D eigenvalue weighted by atomic mass is 32.2. The first kappa shape index (κ1) is 15.6. The van der Waals surface area contributed by atoms with Gasteiger partial charge in [-0.25, -0.2) is 4.79 Å². The molecule has 0 bridgehead atoms. The normalized spacial score (nSPS) is 19.1. The number of thioether (sulfide) groups is 1. The van der Waals surface area contributed by atoms with Gasteiger partial charge in [0.1, 0.15) is 11.6 Å². The second-order valence-electron chi connectivity index (χ2n) is 5.15. The highest BCUT2D eigenvalue weighted by Crippen LogP contribution is 2.23. The predicted octanol–water partition coefficient (Wildman–Crippen LogP) is -0.102. The molecule has 0 aromatic heterocycles. The standard InChI is InChI=1S/C11H19N3O4S/c1-11(2,3)18-10(17)14-6-19-5-7(14)9(16)13-4-8(12)15/h7H,4-6H2,1-3H3,(H2,12,15)(H,13,16)/t7-/m0/s1. The Balaban J connectivity index is 2.60. The topological polar surface area (TPSA) is 102 Å². The summed E-state index contributed by atoms with van der Waals surface area (Å²) in [5.41, 5.74) is 4.34. The van der Waals surface area contributed by atoms with Crippen LogP contribution in [0.15, 0.2) is 0 Å². The van der Waals surface area contributed by atoms with Gasteiger partial charge < -0.3 is 15.8 Å². The van der Waals surface area contributed by atoms with Gasteiger partial charge >= 0.3 is 6.09 Å². The minimum absolute atomic E-state index is 0.234. The van der Waals surface area contributed by atoms with E-state index >= 15 is 0 Å². The number of amides is 3. The van der Waals surface area contributed by atoms with Gasteiger partial charge in [0.25, 0.3) is 0 Å². The third kappa shape index (κ3) is 4.98. The van der Waals surface area contributed by atoms with Crippen LogP contribution in [0.3, 0.4) is 0 Å². The first-order valence-corrected chi connectivity index (χ1v) is 6.99. The summed E-state index contributed by atoms with van der Waals surface area (Å²) in [6.45, 7) is 5.05. The summed E-state index contributed by atoms with van der Waals surface area (Å²) in [7, 11) is 0. The van der Waals surface area contributed by atoms with Gasteiger partial charge in [-0.3, -0.25) is 14.5 Å². The van der Waals surface area contributed by atoms with Crippen molar-refractivity contribution in [2.24, 2.45) is 5.73 Å². The maximum atomic E-state index is 11.9. The van der Waals surface area contributed by atoms with Crippen LogP contribution in [0, 0.1) is 0 Å². The molecule has 0 aromatic carbocycles. The zero-order chi connectivity index (χ0) is 14.6. The smallest absolute Gasteiger partial charge is 0.411 e. The van der Waals surface area contributed by atoms with Gasteiger partial charge in [-0.05, 0) is 20.8 Å². The lowest BCUT2D eigenvalue weighted by atomic mass is 10.2. The van der Waals surface area contributed by atoms with Crippen LogP contribution in [0.5, 0.6) is 0 Å². The van der Waals surface area contributed by atoms with Crippen molar-refractivity contribution in [1.82, 2.24) is 10.2 Å². The van der Waals surface area contributed by atoms with Crippen molar-refractivity contribution in [1.29, 1.82) is 0 Å². The molecular formula is C11H19N3O4S. The Morgan fingerprint density at radius 1 is 1.42 bits per heavy atom. The number of hydrogen-bond donors (Lipinski definition) is 2.